The highest BCUT2D eigenvalue weighted by Crippen LogP contribution is 2.35. The number of para-hydroxylation sites is 1. The van der Waals surface area contributed by atoms with Gasteiger partial charge in [-0.1, -0.05) is 29.5 Å². The standard InChI is InChI=1S/C24H22N6O2/c1-2-29-14-18(17-10-3-4-11-20(17)29)21-22(24(32)26-23(21)31)19-15-30(28-27-19)13-7-9-16-8-5-6-12-25-16/h3-6,8,10-12,14-15H,2,7,9,13H2,1H3,(H,26,31,32). The lowest BCUT2D eigenvalue weighted by Crippen LogP contribution is -2.22. The molecule has 1 aliphatic rings. The van der Waals surface area contributed by atoms with Gasteiger partial charge in [0, 0.05) is 47.6 Å². The smallest absolute Gasteiger partial charge is 0.261 e. The van der Waals surface area contributed by atoms with E-state index in [1.54, 1.807) is 17.1 Å². The summed E-state index contributed by atoms with van der Waals surface area (Å²) >= 11 is 0. The maximum absolute atomic E-state index is 12.8. The van der Waals surface area contributed by atoms with Crippen molar-refractivity contribution < 1.29 is 9.59 Å². The lowest BCUT2D eigenvalue weighted by molar-refractivity contribution is -0.122. The minimum atomic E-state index is -0.445. The van der Waals surface area contributed by atoms with Gasteiger partial charge in [-0.2, -0.15) is 0 Å². The van der Waals surface area contributed by atoms with Gasteiger partial charge in [-0.15, -0.1) is 5.10 Å². The summed E-state index contributed by atoms with van der Waals surface area (Å²) in [7, 11) is 0. The lowest BCUT2D eigenvalue weighted by atomic mass is 9.99. The van der Waals surface area contributed by atoms with Crippen molar-refractivity contribution in [2.75, 3.05) is 0 Å². The molecule has 0 fully saturated rings. The molecule has 0 radical (unpaired) electrons. The Balaban J connectivity index is 1.48. The van der Waals surface area contributed by atoms with Crippen molar-refractivity contribution in [1.29, 1.82) is 0 Å². The second kappa shape index (κ2) is 8.22. The second-order valence-electron chi connectivity index (χ2n) is 7.67. The molecule has 0 saturated heterocycles. The molecule has 5 rings (SSSR count). The molecule has 0 unspecified atom stereocenters. The molecule has 1 aliphatic heterocycles. The van der Waals surface area contributed by atoms with E-state index in [1.807, 2.05) is 55.6 Å². The highest BCUT2D eigenvalue weighted by molar-refractivity contribution is 6.49. The SMILES string of the molecule is CCn1cc(C2=C(c3cn(CCCc4ccccn4)nn3)C(=O)NC2=O)c2ccccc21. The van der Waals surface area contributed by atoms with E-state index in [2.05, 4.69) is 25.2 Å². The number of hydrogen-bond donors (Lipinski definition) is 1. The highest BCUT2D eigenvalue weighted by Gasteiger charge is 2.35. The van der Waals surface area contributed by atoms with E-state index in [-0.39, 0.29) is 5.57 Å². The number of benzene rings is 1. The molecule has 0 atom stereocenters. The van der Waals surface area contributed by atoms with Gasteiger partial charge in [-0.3, -0.25) is 24.6 Å². The van der Waals surface area contributed by atoms with Gasteiger partial charge >= 0.3 is 0 Å². The van der Waals surface area contributed by atoms with Crippen molar-refractivity contribution in [2.24, 2.45) is 0 Å². The van der Waals surface area contributed by atoms with Crippen LogP contribution >= 0.6 is 0 Å². The quantitative estimate of drug-likeness (QED) is 0.459. The molecule has 3 aromatic heterocycles. The fourth-order valence-electron chi connectivity index (χ4n) is 4.15. The van der Waals surface area contributed by atoms with E-state index in [0.29, 0.717) is 17.8 Å². The topological polar surface area (TPSA) is 94.7 Å². The minimum Gasteiger partial charge on any atom is -0.347 e. The molecule has 32 heavy (non-hydrogen) atoms. The van der Waals surface area contributed by atoms with Crippen LogP contribution in [0.4, 0.5) is 0 Å². The number of rotatable bonds is 7. The van der Waals surface area contributed by atoms with Crippen LogP contribution in [0.25, 0.3) is 22.0 Å². The Morgan fingerprint density at radius 2 is 1.78 bits per heavy atom. The van der Waals surface area contributed by atoms with Crippen LogP contribution < -0.4 is 5.32 Å². The van der Waals surface area contributed by atoms with Crippen LogP contribution in [0, 0.1) is 0 Å². The molecular weight excluding hydrogens is 404 g/mol. The molecule has 4 heterocycles. The molecule has 0 aliphatic carbocycles. The van der Waals surface area contributed by atoms with E-state index < -0.39 is 11.8 Å². The Morgan fingerprint density at radius 3 is 2.59 bits per heavy atom. The summed E-state index contributed by atoms with van der Waals surface area (Å²) in [5.74, 6) is -0.854. The van der Waals surface area contributed by atoms with E-state index in [9.17, 15) is 9.59 Å². The number of fused-ring (bicyclic) bond motifs is 1. The van der Waals surface area contributed by atoms with Crippen molar-refractivity contribution in [3.63, 3.8) is 0 Å². The molecule has 1 N–H and O–H groups in total. The molecule has 4 aromatic rings. The molecule has 2 amide bonds. The number of carbonyl (C=O) groups excluding carboxylic acids is 2. The van der Waals surface area contributed by atoms with Gasteiger partial charge in [-0.25, -0.2) is 0 Å². The summed E-state index contributed by atoms with van der Waals surface area (Å²) in [4.78, 5) is 29.8. The molecule has 0 spiro atoms. The molecule has 0 saturated carbocycles. The Hall–Kier alpha value is -4.07. The van der Waals surface area contributed by atoms with Gasteiger partial charge in [-0.05, 0) is 38.0 Å². The van der Waals surface area contributed by atoms with Gasteiger partial charge in [0.1, 0.15) is 5.69 Å². The Bertz CT molecular complexity index is 1350. The van der Waals surface area contributed by atoms with E-state index >= 15 is 0 Å². The van der Waals surface area contributed by atoms with Gasteiger partial charge in [0.25, 0.3) is 11.8 Å². The minimum absolute atomic E-state index is 0.269. The molecule has 0 bridgehead atoms. The van der Waals surface area contributed by atoms with Gasteiger partial charge in [0.15, 0.2) is 0 Å². The zero-order valence-electron chi connectivity index (χ0n) is 17.7. The summed E-state index contributed by atoms with van der Waals surface area (Å²) in [6.07, 6.45) is 7.09. The lowest BCUT2D eigenvalue weighted by Gasteiger charge is -2.01. The molecule has 8 nitrogen and oxygen atoms in total. The zero-order chi connectivity index (χ0) is 22.1. The van der Waals surface area contributed by atoms with Crippen molar-refractivity contribution >= 4 is 33.9 Å². The predicted molar refractivity (Wildman–Crippen MR) is 120 cm³/mol. The second-order valence-corrected chi connectivity index (χ2v) is 7.67. The molecular formula is C24H22N6O2. The van der Waals surface area contributed by atoms with Gasteiger partial charge in [0.05, 0.1) is 17.3 Å². The summed E-state index contributed by atoms with van der Waals surface area (Å²) in [6, 6.07) is 13.7. The number of hydrogen-bond acceptors (Lipinski definition) is 5. The third-order valence-electron chi connectivity index (χ3n) is 5.67. The third kappa shape index (κ3) is 3.49. The first-order valence-electron chi connectivity index (χ1n) is 10.6. The van der Waals surface area contributed by atoms with Crippen LogP contribution in [0.1, 0.15) is 30.3 Å². The third-order valence-corrected chi connectivity index (χ3v) is 5.67. The van der Waals surface area contributed by atoms with E-state index in [4.69, 9.17) is 0 Å². The van der Waals surface area contributed by atoms with Gasteiger partial charge in [0.2, 0.25) is 0 Å². The maximum Gasteiger partial charge on any atom is 0.261 e. The largest absolute Gasteiger partial charge is 0.347 e. The van der Waals surface area contributed by atoms with Crippen molar-refractivity contribution in [3.8, 4) is 0 Å². The van der Waals surface area contributed by atoms with Crippen LogP contribution in [0.15, 0.2) is 61.1 Å². The number of pyridine rings is 1. The molecule has 160 valence electrons. The highest BCUT2D eigenvalue weighted by atomic mass is 16.2. The van der Waals surface area contributed by atoms with Crippen LogP contribution in [0.5, 0.6) is 0 Å². The maximum atomic E-state index is 12.8. The number of carbonyl (C=O) groups is 2. The Morgan fingerprint density at radius 1 is 0.969 bits per heavy atom. The first kappa shape index (κ1) is 19.9. The zero-order valence-corrected chi connectivity index (χ0v) is 17.7. The fraction of sp³-hybridized carbons (Fsp3) is 0.208. The summed E-state index contributed by atoms with van der Waals surface area (Å²) in [6.45, 7) is 3.43. The summed E-state index contributed by atoms with van der Waals surface area (Å²) in [5, 5.41) is 11.7. The average Bonchev–Trinajstić information content (AvgIpc) is 3.49. The van der Waals surface area contributed by atoms with Gasteiger partial charge < -0.3 is 4.57 Å². The molecule has 8 heteroatoms. The molecule has 1 aromatic carbocycles. The first-order valence-corrected chi connectivity index (χ1v) is 10.6. The van der Waals surface area contributed by atoms with Crippen LogP contribution in [0.3, 0.4) is 0 Å². The Kier molecular flexibility index (Phi) is 5.10. The predicted octanol–water partition coefficient (Wildman–Crippen LogP) is 2.85. The number of imide groups is 1. The monoisotopic (exact) mass is 426 g/mol. The van der Waals surface area contributed by atoms with Crippen LogP contribution in [-0.2, 0) is 29.1 Å². The fourth-order valence-corrected chi connectivity index (χ4v) is 4.15. The normalized spacial score (nSPS) is 13.9. The van der Waals surface area contributed by atoms with Crippen molar-refractivity contribution in [3.05, 3.63) is 78.0 Å². The van der Waals surface area contributed by atoms with Crippen LogP contribution in [0.2, 0.25) is 0 Å². The number of nitrogens with zero attached hydrogens (tertiary/aromatic N) is 5. The first-order chi connectivity index (χ1) is 15.7. The van der Waals surface area contributed by atoms with Crippen molar-refractivity contribution in [1.82, 2.24) is 29.9 Å². The summed E-state index contributed by atoms with van der Waals surface area (Å²) < 4.78 is 3.77. The average molecular weight is 426 g/mol. The van der Waals surface area contributed by atoms with E-state index in [1.165, 1.54) is 0 Å². The Labute approximate surface area is 184 Å². The number of aromatic nitrogens is 5. The van der Waals surface area contributed by atoms with Crippen molar-refractivity contribution in [2.45, 2.75) is 32.9 Å². The van der Waals surface area contributed by atoms with Crippen LogP contribution in [-0.4, -0.2) is 36.4 Å². The summed E-state index contributed by atoms with van der Waals surface area (Å²) in [5.41, 5.74) is 3.78. The van der Waals surface area contributed by atoms with E-state index in [0.717, 1.165) is 41.5 Å². The number of aryl methyl sites for hydroxylation is 3. The number of nitrogens with one attached hydrogen (secondary N) is 1. The number of amides is 2.